The van der Waals surface area contributed by atoms with Crippen LogP contribution in [-0.2, 0) is 0 Å². The minimum atomic E-state index is 1.09. The van der Waals surface area contributed by atoms with E-state index in [0.717, 1.165) is 22.7 Å². The van der Waals surface area contributed by atoms with Gasteiger partial charge in [-0.15, -0.1) is 0 Å². The third kappa shape index (κ3) is 6.12. The summed E-state index contributed by atoms with van der Waals surface area (Å²) in [6, 6.07) is 88.4. The third-order valence-corrected chi connectivity index (χ3v) is 12.5. The molecule has 0 spiro atoms. The van der Waals surface area contributed by atoms with E-state index in [-0.39, 0.29) is 0 Å². The molecule has 0 saturated carbocycles. The number of anilines is 3. The number of hydrogen-bond donors (Lipinski definition) is 0. The first-order valence-electron chi connectivity index (χ1n) is 21.3. The Hall–Kier alpha value is -8.20. The summed E-state index contributed by atoms with van der Waals surface area (Å²) in [6.45, 7) is 0. The number of aromatic nitrogens is 1. The average Bonchev–Trinajstić information content (AvgIpc) is 3.69. The summed E-state index contributed by atoms with van der Waals surface area (Å²) >= 11 is 0. The highest BCUT2D eigenvalue weighted by molar-refractivity contribution is 6.19. The molecule has 0 saturated heterocycles. The molecule has 0 unspecified atom stereocenters. The van der Waals surface area contributed by atoms with E-state index in [1.807, 2.05) is 0 Å². The fourth-order valence-corrected chi connectivity index (χ4v) is 9.50. The zero-order valence-electron chi connectivity index (χ0n) is 34.0. The van der Waals surface area contributed by atoms with Crippen LogP contribution in [0.2, 0.25) is 0 Å². The van der Waals surface area contributed by atoms with Gasteiger partial charge < -0.3 is 9.47 Å². The molecule has 0 atom stereocenters. The maximum atomic E-state index is 2.44. The first-order chi connectivity index (χ1) is 30.7. The van der Waals surface area contributed by atoms with Crippen LogP contribution >= 0.6 is 0 Å². The Morgan fingerprint density at radius 1 is 0.258 bits per heavy atom. The SMILES string of the molecule is c1ccc(-c2cccc(N(c3ccc(-c4ccc5c(ccc6ccccc65)c4)cc3)c3ccc(-c4ccc5c6ccc7ccccc7c6n(-c6ccccc6)c5c4)cc3)c2)cc1. The van der Waals surface area contributed by atoms with Crippen molar-refractivity contribution in [1.82, 2.24) is 4.57 Å². The monoisotopic (exact) mass is 788 g/mol. The van der Waals surface area contributed by atoms with Gasteiger partial charge in [0.1, 0.15) is 0 Å². The van der Waals surface area contributed by atoms with E-state index in [2.05, 4.69) is 252 Å². The molecule has 0 N–H and O–H groups in total. The van der Waals surface area contributed by atoms with Gasteiger partial charge in [0.25, 0.3) is 0 Å². The van der Waals surface area contributed by atoms with E-state index < -0.39 is 0 Å². The van der Waals surface area contributed by atoms with Crippen LogP contribution in [0.1, 0.15) is 0 Å². The Labute approximate surface area is 360 Å². The molecule has 1 heterocycles. The van der Waals surface area contributed by atoms with Crippen LogP contribution in [0.4, 0.5) is 17.1 Å². The highest BCUT2D eigenvalue weighted by atomic mass is 15.1. The Bertz CT molecular complexity index is 3600. The molecule has 0 aliphatic rings. The van der Waals surface area contributed by atoms with Crippen molar-refractivity contribution in [3.8, 4) is 39.1 Å². The van der Waals surface area contributed by atoms with Crippen molar-refractivity contribution >= 4 is 71.2 Å². The lowest BCUT2D eigenvalue weighted by molar-refractivity contribution is 1.19. The van der Waals surface area contributed by atoms with Crippen LogP contribution in [0.25, 0.3) is 93.2 Å². The average molecular weight is 789 g/mol. The van der Waals surface area contributed by atoms with Crippen LogP contribution in [0.5, 0.6) is 0 Å². The first-order valence-corrected chi connectivity index (χ1v) is 21.3. The third-order valence-electron chi connectivity index (χ3n) is 12.5. The quantitative estimate of drug-likeness (QED) is 0.146. The molecule has 0 aliphatic heterocycles. The van der Waals surface area contributed by atoms with Crippen LogP contribution in [0.3, 0.4) is 0 Å². The topological polar surface area (TPSA) is 8.17 Å². The number of benzene rings is 11. The maximum Gasteiger partial charge on any atom is 0.0619 e. The molecule has 12 aromatic rings. The van der Waals surface area contributed by atoms with Crippen molar-refractivity contribution in [2.24, 2.45) is 0 Å². The maximum absolute atomic E-state index is 2.44. The van der Waals surface area contributed by atoms with Gasteiger partial charge in [0.15, 0.2) is 0 Å². The van der Waals surface area contributed by atoms with Gasteiger partial charge in [-0.3, -0.25) is 0 Å². The summed E-state index contributed by atoms with van der Waals surface area (Å²) in [6.07, 6.45) is 0. The van der Waals surface area contributed by atoms with E-state index >= 15 is 0 Å². The predicted molar refractivity (Wildman–Crippen MR) is 264 cm³/mol. The van der Waals surface area contributed by atoms with Gasteiger partial charge in [0, 0.05) is 38.9 Å². The van der Waals surface area contributed by atoms with Gasteiger partial charge in [-0.2, -0.15) is 0 Å². The van der Waals surface area contributed by atoms with Gasteiger partial charge >= 0.3 is 0 Å². The smallest absolute Gasteiger partial charge is 0.0619 e. The van der Waals surface area contributed by atoms with E-state index in [0.29, 0.717) is 0 Å². The molecule has 0 fully saturated rings. The molecular formula is C60H40N2. The number of hydrogen-bond acceptors (Lipinski definition) is 1. The summed E-state index contributed by atoms with van der Waals surface area (Å²) in [5.74, 6) is 0. The highest BCUT2D eigenvalue weighted by Crippen LogP contribution is 2.41. The molecule has 62 heavy (non-hydrogen) atoms. The summed E-state index contributed by atoms with van der Waals surface area (Å²) in [5.41, 5.74) is 14.0. The largest absolute Gasteiger partial charge is 0.310 e. The molecule has 2 heteroatoms. The lowest BCUT2D eigenvalue weighted by Crippen LogP contribution is -2.10. The summed E-state index contributed by atoms with van der Waals surface area (Å²) in [4.78, 5) is 2.37. The molecule has 12 rings (SSSR count). The van der Waals surface area contributed by atoms with Gasteiger partial charge in [0.2, 0.25) is 0 Å². The highest BCUT2D eigenvalue weighted by Gasteiger charge is 2.18. The molecule has 0 bridgehead atoms. The Balaban J connectivity index is 0.949. The lowest BCUT2D eigenvalue weighted by Gasteiger charge is -2.26. The number of para-hydroxylation sites is 1. The van der Waals surface area contributed by atoms with Crippen LogP contribution in [0.15, 0.2) is 243 Å². The van der Waals surface area contributed by atoms with Gasteiger partial charge in [-0.05, 0) is 121 Å². The normalized spacial score (nSPS) is 11.5. The Kier molecular flexibility index (Phi) is 8.53. The zero-order valence-corrected chi connectivity index (χ0v) is 34.0. The van der Waals surface area contributed by atoms with Crippen molar-refractivity contribution in [3.63, 3.8) is 0 Å². The van der Waals surface area contributed by atoms with Gasteiger partial charge in [0.05, 0.1) is 11.0 Å². The summed E-state index contributed by atoms with van der Waals surface area (Å²) in [7, 11) is 0. The molecule has 1 aromatic heterocycles. The molecule has 11 aromatic carbocycles. The number of fused-ring (bicyclic) bond motifs is 8. The van der Waals surface area contributed by atoms with Gasteiger partial charge in [-0.25, -0.2) is 0 Å². The van der Waals surface area contributed by atoms with E-state index in [4.69, 9.17) is 0 Å². The lowest BCUT2D eigenvalue weighted by atomic mass is 9.97. The predicted octanol–water partition coefficient (Wildman–Crippen LogP) is 16.7. The summed E-state index contributed by atoms with van der Waals surface area (Å²) < 4.78 is 2.44. The van der Waals surface area contributed by atoms with Crippen molar-refractivity contribution in [2.75, 3.05) is 4.90 Å². The van der Waals surface area contributed by atoms with Gasteiger partial charge in [-0.1, -0.05) is 182 Å². The first kappa shape index (κ1) is 35.7. The fourth-order valence-electron chi connectivity index (χ4n) is 9.50. The van der Waals surface area contributed by atoms with Crippen molar-refractivity contribution in [2.45, 2.75) is 0 Å². The standard InChI is InChI=1S/C60H40N2/c1-3-12-41(13-4-1)46-16-11-19-53(39-46)61(51-31-24-42(25-32-51)47-29-35-55-49(38-47)23-22-44-14-7-9-20-54(44)55)52-33-26-43(27-34-52)48-30-36-57-58-37-28-45-15-8-10-21-56(45)60(58)62(59(57)40-48)50-17-5-2-6-18-50/h1-40H. The molecule has 290 valence electrons. The molecule has 0 amide bonds. The minimum Gasteiger partial charge on any atom is -0.310 e. The van der Waals surface area contributed by atoms with E-state index in [1.54, 1.807) is 0 Å². The van der Waals surface area contributed by atoms with E-state index in [1.165, 1.54) is 87.5 Å². The Morgan fingerprint density at radius 2 is 0.742 bits per heavy atom. The molecule has 0 radical (unpaired) electrons. The van der Waals surface area contributed by atoms with Crippen molar-refractivity contribution in [1.29, 1.82) is 0 Å². The number of nitrogens with zero attached hydrogens (tertiary/aromatic N) is 2. The fraction of sp³-hybridized carbons (Fsp3) is 0. The van der Waals surface area contributed by atoms with Crippen LogP contribution in [-0.4, -0.2) is 4.57 Å². The van der Waals surface area contributed by atoms with Crippen LogP contribution in [0, 0.1) is 0 Å². The number of rotatable bonds is 7. The second-order valence-electron chi connectivity index (χ2n) is 16.2. The second kappa shape index (κ2) is 14.8. The van der Waals surface area contributed by atoms with E-state index in [9.17, 15) is 0 Å². The molecular weight excluding hydrogens is 749 g/mol. The van der Waals surface area contributed by atoms with Crippen LogP contribution < -0.4 is 4.90 Å². The second-order valence-corrected chi connectivity index (χ2v) is 16.2. The summed E-state index contributed by atoms with van der Waals surface area (Å²) in [5, 5.41) is 10.1. The van der Waals surface area contributed by atoms with Crippen molar-refractivity contribution < 1.29 is 0 Å². The van der Waals surface area contributed by atoms with Crippen molar-refractivity contribution in [3.05, 3.63) is 243 Å². The minimum absolute atomic E-state index is 1.09. The molecule has 0 aliphatic carbocycles. The Morgan fingerprint density at radius 3 is 1.47 bits per heavy atom. The zero-order chi connectivity index (χ0) is 41.0. The molecule has 2 nitrogen and oxygen atoms in total.